The van der Waals surface area contributed by atoms with Gasteiger partial charge >= 0.3 is 0 Å². The van der Waals surface area contributed by atoms with Crippen molar-refractivity contribution < 1.29 is 4.42 Å². The van der Waals surface area contributed by atoms with Crippen LogP contribution >= 0.6 is 0 Å². The third-order valence-corrected chi connectivity index (χ3v) is 7.40. The van der Waals surface area contributed by atoms with Crippen molar-refractivity contribution in [3.8, 4) is 11.1 Å². The van der Waals surface area contributed by atoms with Crippen molar-refractivity contribution in [2.45, 2.75) is 0 Å². The summed E-state index contributed by atoms with van der Waals surface area (Å²) in [6.45, 7) is 0. The molecule has 0 aliphatic carbocycles. The van der Waals surface area contributed by atoms with Crippen molar-refractivity contribution in [3.05, 3.63) is 121 Å². The minimum absolute atomic E-state index is 0.927. The summed E-state index contributed by atoms with van der Waals surface area (Å²) in [6, 6.07) is 43.7. The highest BCUT2D eigenvalue weighted by molar-refractivity contribution is 6.26. The van der Waals surface area contributed by atoms with Crippen LogP contribution in [0, 0.1) is 0 Å². The summed E-state index contributed by atoms with van der Waals surface area (Å²) in [4.78, 5) is 0. The van der Waals surface area contributed by atoms with Gasteiger partial charge in [0.2, 0.25) is 0 Å². The molecule has 35 heavy (non-hydrogen) atoms. The summed E-state index contributed by atoms with van der Waals surface area (Å²) in [7, 11) is 0. The molecule has 1 heteroatoms. The molecule has 0 radical (unpaired) electrons. The topological polar surface area (TPSA) is 13.1 Å². The Kier molecular flexibility index (Phi) is 3.72. The summed E-state index contributed by atoms with van der Waals surface area (Å²) < 4.78 is 6.39. The fourth-order valence-electron chi connectivity index (χ4n) is 5.82. The van der Waals surface area contributed by atoms with E-state index in [0.29, 0.717) is 0 Å². The van der Waals surface area contributed by atoms with Gasteiger partial charge in [0.05, 0.1) is 0 Å². The molecule has 0 saturated heterocycles. The molecule has 0 amide bonds. The molecule has 0 aliphatic rings. The largest absolute Gasteiger partial charge is 0.456 e. The Morgan fingerprint density at radius 2 is 1.00 bits per heavy atom. The Labute approximate surface area is 201 Å². The second-order valence-electron chi connectivity index (χ2n) is 9.33. The van der Waals surface area contributed by atoms with Crippen molar-refractivity contribution in [1.29, 1.82) is 0 Å². The zero-order valence-electron chi connectivity index (χ0n) is 19.0. The molecule has 0 unspecified atom stereocenters. The molecule has 1 aromatic heterocycles. The average molecular weight is 445 g/mol. The Morgan fingerprint density at radius 3 is 1.83 bits per heavy atom. The molecule has 0 aliphatic heterocycles. The molecule has 1 heterocycles. The minimum Gasteiger partial charge on any atom is -0.456 e. The van der Waals surface area contributed by atoms with Crippen LogP contribution in [-0.4, -0.2) is 0 Å². The molecule has 0 spiro atoms. The number of rotatable bonds is 1. The highest BCUT2D eigenvalue weighted by Gasteiger charge is 2.17. The molecular weight excluding hydrogens is 424 g/mol. The molecule has 0 bridgehead atoms. The maximum atomic E-state index is 6.39. The van der Waals surface area contributed by atoms with Gasteiger partial charge in [-0.2, -0.15) is 0 Å². The number of benzene rings is 7. The maximum absolute atomic E-state index is 6.39. The zero-order chi connectivity index (χ0) is 22.9. The number of hydrogen-bond donors (Lipinski definition) is 0. The lowest BCUT2D eigenvalue weighted by atomic mass is 9.89. The summed E-state index contributed by atoms with van der Waals surface area (Å²) in [5, 5.41) is 12.4. The first-order valence-electron chi connectivity index (χ1n) is 12.0. The van der Waals surface area contributed by atoms with E-state index in [-0.39, 0.29) is 0 Å². The molecule has 8 aromatic rings. The lowest BCUT2D eigenvalue weighted by Gasteiger charge is -2.14. The molecule has 0 atom stereocenters. The standard InChI is InChI=1S/C34H20O/c1-2-10-23-19-30-28(18-22(23)9-1)25-12-5-4-11-24(25)20-29(30)27-14-7-15-31-34(27)33-26-13-6-3-8-21(26)16-17-32(33)35-31/h1-20H. The first-order chi connectivity index (χ1) is 17.3. The molecule has 0 fully saturated rings. The first kappa shape index (κ1) is 18.8. The van der Waals surface area contributed by atoms with Crippen LogP contribution in [0.4, 0.5) is 0 Å². The van der Waals surface area contributed by atoms with Crippen LogP contribution in [0.5, 0.6) is 0 Å². The smallest absolute Gasteiger partial charge is 0.136 e. The summed E-state index contributed by atoms with van der Waals surface area (Å²) in [6.07, 6.45) is 0. The van der Waals surface area contributed by atoms with E-state index in [1.165, 1.54) is 65.0 Å². The zero-order valence-corrected chi connectivity index (χ0v) is 19.0. The van der Waals surface area contributed by atoms with Crippen LogP contribution in [-0.2, 0) is 0 Å². The van der Waals surface area contributed by atoms with E-state index in [4.69, 9.17) is 4.42 Å². The second kappa shape index (κ2) is 6.94. The predicted molar refractivity (Wildman–Crippen MR) is 149 cm³/mol. The third kappa shape index (κ3) is 2.64. The van der Waals surface area contributed by atoms with E-state index in [2.05, 4.69) is 121 Å². The Morgan fingerprint density at radius 1 is 0.343 bits per heavy atom. The highest BCUT2D eigenvalue weighted by Crippen LogP contribution is 2.44. The Hall–Kier alpha value is -4.62. The quantitative estimate of drug-likeness (QED) is 0.181. The molecular formula is C34H20O. The van der Waals surface area contributed by atoms with Crippen LogP contribution in [0.3, 0.4) is 0 Å². The van der Waals surface area contributed by atoms with Crippen LogP contribution in [0.1, 0.15) is 0 Å². The Balaban J connectivity index is 1.60. The maximum Gasteiger partial charge on any atom is 0.136 e. The minimum atomic E-state index is 0.927. The van der Waals surface area contributed by atoms with Gasteiger partial charge in [-0.3, -0.25) is 0 Å². The normalized spacial score (nSPS) is 12.0. The van der Waals surface area contributed by atoms with Crippen molar-refractivity contribution >= 4 is 65.0 Å². The molecule has 8 rings (SSSR count). The van der Waals surface area contributed by atoms with E-state index < -0.39 is 0 Å². The van der Waals surface area contributed by atoms with Gasteiger partial charge in [-0.1, -0.05) is 91.0 Å². The van der Waals surface area contributed by atoms with E-state index in [9.17, 15) is 0 Å². The van der Waals surface area contributed by atoms with Crippen LogP contribution in [0.25, 0.3) is 76.2 Å². The summed E-state index contributed by atoms with van der Waals surface area (Å²) >= 11 is 0. The van der Waals surface area contributed by atoms with Crippen molar-refractivity contribution in [3.63, 3.8) is 0 Å². The van der Waals surface area contributed by atoms with E-state index >= 15 is 0 Å². The SMILES string of the molecule is c1ccc2cc3c(cc2c1)c(-c1cccc2oc4ccc5ccccc5c4c12)cc1ccccc13. The third-order valence-electron chi connectivity index (χ3n) is 7.40. The number of fused-ring (bicyclic) bond motifs is 9. The molecule has 0 saturated carbocycles. The fourth-order valence-corrected chi connectivity index (χ4v) is 5.82. The lowest BCUT2D eigenvalue weighted by Crippen LogP contribution is -1.87. The Bertz CT molecular complexity index is 2110. The van der Waals surface area contributed by atoms with Gasteiger partial charge in [-0.05, 0) is 84.5 Å². The van der Waals surface area contributed by atoms with E-state index in [1.807, 2.05) is 0 Å². The van der Waals surface area contributed by atoms with E-state index in [0.717, 1.165) is 11.2 Å². The van der Waals surface area contributed by atoms with Crippen LogP contribution in [0.15, 0.2) is 126 Å². The lowest BCUT2D eigenvalue weighted by molar-refractivity contribution is 0.669. The number of furan rings is 1. The van der Waals surface area contributed by atoms with Crippen LogP contribution < -0.4 is 0 Å². The van der Waals surface area contributed by atoms with Gasteiger partial charge in [0.15, 0.2) is 0 Å². The molecule has 162 valence electrons. The first-order valence-corrected chi connectivity index (χ1v) is 12.0. The van der Waals surface area contributed by atoms with Gasteiger partial charge in [0.25, 0.3) is 0 Å². The van der Waals surface area contributed by atoms with Crippen molar-refractivity contribution in [2.75, 3.05) is 0 Å². The summed E-state index contributed by atoms with van der Waals surface area (Å²) in [5.74, 6) is 0. The van der Waals surface area contributed by atoms with Crippen molar-refractivity contribution in [2.24, 2.45) is 0 Å². The van der Waals surface area contributed by atoms with Gasteiger partial charge in [0, 0.05) is 10.8 Å². The van der Waals surface area contributed by atoms with Gasteiger partial charge < -0.3 is 4.42 Å². The molecule has 7 aromatic carbocycles. The van der Waals surface area contributed by atoms with Gasteiger partial charge in [-0.15, -0.1) is 0 Å². The molecule has 1 nitrogen and oxygen atoms in total. The number of hydrogen-bond acceptors (Lipinski definition) is 1. The monoisotopic (exact) mass is 444 g/mol. The van der Waals surface area contributed by atoms with Gasteiger partial charge in [0.1, 0.15) is 11.2 Å². The van der Waals surface area contributed by atoms with E-state index in [1.54, 1.807) is 0 Å². The van der Waals surface area contributed by atoms with Gasteiger partial charge in [-0.25, -0.2) is 0 Å². The molecule has 0 N–H and O–H groups in total. The van der Waals surface area contributed by atoms with Crippen LogP contribution in [0.2, 0.25) is 0 Å². The van der Waals surface area contributed by atoms with Crippen molar-refractivity contribution in [1.82, 2.24) is 0 Å². The average Bonchev–Trinajstić information content (AvgIpc) is 3.31. The predicted octanol–water partition coefficient (Wildman–Crippen LogP) is 9.87. The summed E-state index contributed by atoms with van der Waals surface area (Å²) in [5.41, 5.74) is 4.31. The fraction of sp³-hybridized carbons (Fsp3) is 0. The second-order valence-corrected chi connectivity index (χ2v) is 9.33. The highest BCUT2D eigenvalue weighted by atomic mass is 16.3.